The molecule has 0 N–H and O–H groups in total. The lowest BCUT2D eigenvalue weighted by molar-refractivity contribution is -0.0875. The summed E-state index contributed by atoms with van der Waals surface area (Å²) < 4.78 is 29.5. The van der Waals surface area contributed by atoms with E-state index < -0.39 is 13.4 Å². The second-order valence-corrected chi connectivity index (χ2v) is 6.28. The van der Waals surface area contributed by atoms with Gasteiger partial charge in [0, 0.05) is 18.5 Å². The standard InChI is InChI=1S/C14H20NO4P/c1-4-17-14(18-5-2)20(16,19-6-3)13-9-7-12(11-15)8-10-13/h7-10,14H,4-6H2,1-3H3. The highest BCUT2D eigenvalue weighted by molar-refractivity contribution is 7.67. The van der Waals surface area contributed by atoms with Crippen LogP contribution in [0.1, 0.15) is 26.3 Å². The maximum atomic E-state index is 13.1. The van der Waals surface area contributed by atoms with E-state index in [1.54, 1.807) is 45.0 Å². The van der Waals surface area contributed by atoms with Crippen LogP contribution in [0.15, 0.2) is 24.3 Å². The molecule has 110 valence electrons. The van der Waals surface area contributed by atoms with Gasteiger partial charge in [-0.25, -0.2) is 0 Å². The highest BCUT2D eigenvalue weighted by atomic mass is 31.2. The topological polar surface area (TPSA) is 68.6 Å². The summed E-state index contributed by atoms with van der Waals surface area (Å²) in [6.07, 6.45) is 0. The van der Waals surface area contributed by atoms with Gasteiger partial charge in [0.15, 0.2) is 0 Å². The first kappa shape index (κ1) is 16.9. The van der Waals surface area contributed by atoms with Gasteiger partial charge in [0.05, 0.1) is 18.2 Å². The molecule has 0 bridgehead atoms. The first-order chi connectivity index (χ1) is 9.62. The second-order valence-electron chi connectivity index (χ2n) is 3.89. The minimum absolute atomic E-state index is 0.286. The summed E-state index contributed by atoms with van der Waals surface area (Å²) in [7, 11) is -3.30. The second kappa shape index (κ2) is 8.18. The predicted octanol–water partition coefficient (Wildman–Crippen LogP) is 2.85. The van der Waals surface area contributed by atoms with Gasteiger partial charge in [0.25, 0.3) is 7.37 Å². The molecule has 0 radical (unpaired) electrons. The highest BCUT2D eigenvalue weighted by Gasteiger charge is 2.37. The Kier molecular flexibility index (Phi) is 6.90. The molecule has 0 aliphatic heterocycles. The Labute approximate surface area is 119 Å². The van der Waals surface area contributed by atoms with Crippen LogP contribution in [0.4, 0.5) is 0 Å². The maximum Gasteiger partial charge on any atom is 0.286 e. The maximum absolute atomic E-state index is 13.1. The molecule has 0 aromatic heterocycles. The van der Waals surface area contributed by atoms with E-state index in [9.17, 15) is 4.57 Å². The fourth-order valence-corrected chi connectivity index (χ4v) is 3.88. The van der Waals surface area contributed by atoms with Gasteiger partial charge in [0.1, 0.15) is 0 Å². The van der Waals surface area contributed by atoms with Gasteiger partial charge < -0.3 is 14.0 Å². The third kappa shape index (κ3) is 3.91. The molecule has 20 heavy (non-hydrogen) atoms. The average molecular weight is 297 g/mol. The van der Waals surface area contributed by atoms with Crippen molar-refractivity contribution in [2.45, 2.75) is 26.8 Å². The van der Waals surface area contributed by atoms with Crippen LogP contribution >= 0.6 is 7.37 Å². The van der Waals surface area contributed by atoms with Crippen molar-refractivity contribution in [3.63, 3.8) is 0 Å². The molecule has 1 aromatic rings. The minimum Gasteiger partial charge on any atom is -0.344 e. The largest absolute Gasteiger partial charge is 0.344 e. The van der Waals surface area contributed by atoms with E-state index in [2.05, 4.69) is 0 Å². The smallest absolute Gasteiger partial charge is 0.286 e. The summed E-state index contributed by atoms with van der Waals surface area (Å²) in [5.41, 5.74) is 0.501. The van der Waals surface area contributed by atoms with E-state index in [0.717, 1.165) is 0 Å². The summed E-state index contributed by atoms with van der Waals surface area (Å²) in [6, 6.07) is 7.56. The van der Waals surface area contributed by atoms with Crippen molar-refractivity contribution >= 4 is 12.7 Å². The third-order valence-corrected chi connectivity index (χ3v) is 5.09. The van der Waals surface area contributed by atoms with Crippen LogP contribution in [0.5, 0.6) is 0 Å². The monoisotopic (exact) mass is 297 g/mol. The van der Waals surface area contributed by atoms with Crippen LogP contribution in [0, 0.1) is 11.3 Å². The lowest BCUT2D eigenvalue weighted by Gasteiger charge is -2.26. The number of rotatable bonds is 8. The van der Waals surface area contributed by atoms with E-state index in [0.29, 0.717) is 24.1 Å². The molecule has 1 aromatic carbocycles. The molecule has 5 nitrogen and oxygen atoms in total. The Balaban J connectivity index is 3.16. The molecule has 6 heteroatoms. The molecule has 0 spiro atoms. The summed E-state index contributed by atoms with van der Waals surface area (Å²) in [5, 5.41) is 9.30. The minimum atomic E-state index is -3.30. The third-order valence-electron chi connectivity index (χ3n) is 2.57. The summed E-state index contributed by atoms with van der Waals surface area (Å²) in [6.45, 7) is 6.41. The van der Waals surface area contributed by atoms with E-state index in [4.69, 9.17) is 19.3 Å². The van der Waals surface area contributed by atoms with Crippen molar-refractivity contribution in [1.29, 1.82) is 5.26 Å². The Bertz CT molecular complexity index is 489. The van der Waals surface area contributed by atoms with E-state index in [1.165, 1.54) is 0 Å². The van der Waals surface area contributed by atoms with Crippen LogP contribution in [-0.4, -0.2) is 25.9 Å². The summed E-state index contributed by atoms with van der Waals surface area (Å²) in [4.78, 5) is 0. The number of nitrogens with zero attached hydrogens (tertiary/aromatic N) is 1. The van der Waals surface area contributed by atoms with Crippen molar-refractivity contribution in [3.8, 4) is 6.07 Å². The van der Waals surface area contributed by atoms with Crippen molar-refractivity contribution in [2.75, 3.05) is 19.8 Å². The van der Waals surface area contributed by atoms with Gasteiger partial charge in [-0.3, -0.25) is 4.57 Å². The van der Waals surface area contributed by atoms with Gasteiger partial charge in [-0.15, -0.1) is 0 Å². The van der Waals surface area contributed by atoms with Crippen molar-refractivity contribution < 1.29 is 18.6 Å². The van der Waals surface area contributed by atoms with Crippen molar-refractivity contribution in [1.82, 2.24) is 0 Å². The zero-order chi connectivity index (χ0) is 15.0. The lowest BCUT2D eigenvalue weighted by atomic mass is 10.2. The van der Waals surface area contributed by atoms with Gasteiger partial charge in [0.2, 0.25) is 6.03 Å². The number of benzene rings is 1. The van der Waals surface area contributed by atoms with Crippen molar-refractivity contribution in [2.24, 2.45) is 0 Å². The van der Waals surface area contributed by atoms with E-state index in [-0.39, 0.29) is 6.61 Å². The zero-order valence-corrected chi connectivity index (χ0v) is 12.9. The summed E-state index contributed by atoms with van der Waals surface area (Å²) >= 11 is 0. The first-order valence-corrected chi connectivity index (χ1v) is 8.29. The molecule has 1 unspecified atom stereocenters. The molecular weight excluding hydrogens is 277 g/mol. The normalized spacial score (nSPS) is 13.9. The zero-order valence-electron chi connectivity index (χ0n) is 12.0. The Hall–Kier alpha value is -1.18. The average Bonchev–Trinajstić information content (AvgIpc) is 2.47. The predicted molar refractivity (Wildman–Crippen MR) is 77.1 cm³/mol. The van der Waals surface area contributed by atoms with E-state index >= 15 is 0 Å². The van der Waals surface area contributed by atoms with Gasteiger partial charge in [-0.05, 0) is 45.0 Å². The SMILES string of the molecule is CCOC(OCC)P(=O)(OCC)c1ccc(C#N)cc1. The Morgan fingerprint density at radius 2 is 1.65 bits per heavy atom. The molecule has 0 fully saturated rings. The molecule has 1 rings (SSSR count). The number of hydrogen-bond acceptors (Lipinski definition) is 5. The molecular formula is C14H20NO4P. The van der Waals surface area contributed by atoms with Crippen molar-refractivity contribution in [3.05, 3.63) is 29.8 Å². The fourth-order valence-electron chi connectivity index (χ4n) is 1.72. The molecule has 0 saturated heterocycles. The van der Waals surface area contributed by atoms with Crippen LogP contribution in [0.3, 0.4) is 0 Å². The van der Waals surface area contributed by atoms with Crippen LogP contribution in [0.2, 0.25) is 0 Å². The van der Waals surface area contributed by atoms with Crippen LogP contribution in [-0.2, 0) is 18.6 Å². The number of ether oxygens (including phenoxy) is 2. The molecule has 1 atom stereocenters. The molecule has 0 saturated carbocycles. The summed E-state index contributed by atoms with van der Waals surface area (Å²) in [5.74, 6) is 0. The van der Waals surface area contributed by atoms with Gasteiger partial charge in [-0.1, -0.05) is 0 Å². The Morgan fingerprint density at radius 1 is 1.10 bits per heavy atom. The number of hydrogen-bond donors (Lipinski definition) is 0. The molecule has 0 aliphatic carbocycles. The van der Waals surface area contributed by atoms with E-state index in [1.807, 2.05) is 6.07 Å². The van der Waals surface area contributed by atoms with Crippen LogP contribution in [0.25, 0.3) is 0 Å². The quantitative estimate of drug-likeness (QED) is 0.545. The lowest BCUT2D eigenvalue weighted by Crippen LogP contribution is -2.25. The number of nitriles is 1. The van der Waals surface area contributed by atoms with Gasteiger partial charge >= 0.3 is 0 Å². The molecule has 0 aliphatic rings. The fraction of sp³-hybridized carbons (Fsp3) is 0.500. The highest BCUT2D eigenvalue weighted by Crippen LogP contribution is 2.51. The molecule has 0 heterocycles. The first-order valence-electron chi connectivity index (χ1n) is 6.60. The van der Waals surface area contributed by atoms with Gasteiger partial charge in [-0.2, -0.15) is 5.26 Å². The molecule has 0 amide bonds. The van der Waals surface area contributed by atoms with Crippen LogP contribution < -0.4 is 5.30 Å². The Morgan fingerprint density at radius 3 is 2.05 bits per heavy atom.